The lowest BCUT2D eigenvalue weighted by molar-refractivity contribution is -0.386. The fraction of sp³-hybridized carbons (Fsp3) is 0.545. The van der Waals surface area contributed by atoms with Crippen LogP contribution in [0.5, 0.6) is 5.88 Å². The molecular weight excluding hydrogens is 238 g/mol. The number of nitrogens with two attached hydrogens (primary N) is 1. The summed E-state index contributed by atoms with van der Waals surface area (Å²) in [5.41, 5.74) is 4.97. The zero-order valence-electron chi connectivity index (χ0n) is 10.7. The van der Waals surface area contributed by atoms with E-state index in [1.165, 1.54) is 12.1 Å². The topological polar surface area (TPSA) is 101 Å². The molecule has 7 nitrogen and oxygen atoms in total. The standard InChI is InChI=1S/C11H17N3O4/c1-11(2,3)18-7-6-17-10-8(14(15)16)4-5-9(12)13-10/h4-5H,6-7H2,1-3H3,(H2,12,13). The summed E-state index contributed by atoms with van der Waals surface area (Å²) < 4.78 is 10.6. The summed E-state index contributed by atoms with van der Waals surface area (Å²) in [5, 5.41) is 10.7. The number of hydrogen-bond acceptors (Lipinski definition) is 6. The van der Waals surface area contributed by atoms with Crippen LogP contribution >= 0.6 is 0 Å². The molecule has 0 atom stereocenters. The number of rotatable bonds is 5. The van der Waals surface area contributed by atoms with Gasteiger partial charge >= 0.3 is 5.69 Å². The molecule has 18 heavy (non-hydrogen) atoms. The third-order valence-corrected chi connectivity index (χ3v) is 1.92. The number of nitrogens with zero attached hydrogens (tertiary/aromatic N) is 2. The Morgan fingerprint density at radius 1 is 1.39 bits per heavy atom. The minimum atomic E-state index is -0.563. The molecule has 0 fully saturated rings. The Balaban J connectivity index is 2.61. The van der Waals surface area contributed by atoms with Crippen LogP contribution in [0.3, 0.4) is 0 Å². The molecule has 0 saturated heterocycles. The van der Waals surface area contributed by atoms with Gasteiger partial charge in [0.15, 0.2) is 0 Å². The largest absolute Gasteiger partial charge is 0.470 e. The highest BCUT2D eigenvalue weighted by Crippen LogP contribution is 2.25. The maximum Gasteiger partial charge on any atom is 0.331 e. The first-order valence-corrected chi connectivity index (χ1v) is 5.47. The molecule has 1 aromatic rings. The fourth-order valence-corrected chi connectivity index (χ4v) is 1.18. The van der Waals surface area contributed by atoms with Crippen molar-refractivity contribution in [3.8, 4) is 5.88 Å². The van der Waals surface area contributed by atoms with Crippen LogP contribution in [0, 0.1) is 10.1 Å². The number of ether oxygens (including phenoxy) is 2. The third kappa shape index (κ3) is 4.54. The van der Waals surface area contributed by atoms with Crippen LogP contribution in [0.2, 0.25) is 0 Å². The monoisotopic (exact) mass is 255 g/mol. The highest BCUT2D eigenvalue weighted by Gasteiger charge is 2.17. The lowest BCUT2D eigenvalue weighted by atomic mass is 10.2. The first kappa shape index (κ1) is 14.2. The molecular formula is C11H17N3O4. The predicted octanol–water partition coefficient (Wildman–Crippen LogP) is 1.77. The summed E-state index contributed by atoms with van der Waals surface area (Å²) >= 11 is 0. The lowest BCUT2D eigenvalue weighted by Gasteiger charge is -2.19. The molecule has 0 aliphatic rings. The minimum absolute atomic E-state index is 0.0856. The molecule has 100 valence electrons. The molecule has 0 saturated carbocycles. The van der Waals surface area contributed by atoms with Gasteiger partial charge in [0.05, 0.1) is 17.1 Å². The van der Waals surface area contributed by atoms with E-state index in [2.05, 4.69) is 4.98 Å². The summed E-state index contributed by atoms with van der Waals surface area (Å²) in [5.74, 6) is 0.0878. The average Bonchev–Trinajstić information content (AvgIpc) is 2.22. The SMILES string of the molecule is CC(C)(C)OCCOc1nc(N)ccc1[N+](=O)[O-]. The Bertz CT molecular complexity index is 429. The van der Waals surface area contributed by atoms with Gasteiger partial charge < -0.3 is 15.2 Å². The molecule has 0 amide bonds. The van der Waals surface area contributed by atoms with Crippen molar-refractivity contribution in [1.29, 1.82) is 0 Å². The molecule has 0 bridgehead atoms. The second-order valence-corrected chi connectivity index (χ2v) is 4.63. The van der Waals surface area contributed by atoms with Gasteiger partial charge in [0.2, 0.25) is 0 Å². The van der Waals surface area contributed by atoms with Gasteiger partial charge in [-0.05, 0) is 26.8 Å². The number of nitro groups is 1. The van der Waals surface area contributed by atoms with Crippen molar-refractivity contribution in [3.05, 3.63) is 22.2 Å². The van der Waals surface area contributed by atoms with Gasteiger partial charge in [0.25, 0.3) is 5.88 Å². The average molecular weight is 255 g/mol. The van der Waals surface area contributed by atoms with Crippen LogP contribution in [0.15, 0.2) is 12.1 Å². The van der Waals surface area contributed by atoms with Crippen LogP contribution in [0.4, 0.5) is 11.5 Å². The molecule has 1 heterocycles. The van der Waals surface area contributed by atoms with E-state index in [9.17, 15) is 10.1 Å². The number of nitrogen functional groups attached to an aromatic ring is 1. The van der Waals surface area contributed by atoms with Crippen LogP contribution in [-0.2, 0) is 4.74 Å². The number of aromatic nitrogens is 1. The van der Waals surface area contributed by atoms with Crippen LogP contribution in [-0.4, -0.2) is 28.7 Å². The molecule has 0 radical (unpaired) electrons. The second kappa shape index (κ2) is 5.63. The molecule has 0 aromatic carbocycles. The summed E-state index contributed by atoms with van der Waals surface area (Å²) in [6.45, 7) is 6.22. The van der Waals surface area contributed by atoms with Crippen LogP contribution in [0.1, 0.15) is 20.8 Å². The van der Waals surface area contributed by atoms with Crippen molar-refractivity contribution in [2.45, 2.75) is 26.4 Å². The van der Waals surface area contributed by atoms with Crippen molar-refractivity contribution in [3.63, 3.8) is 0 Å². The zero-order chi connectivity index (χ0) is 13.8. The van der Waals surface area contributed by atoms with Gasteiger partial charge in [-0.25, -0.2) is 0 Å². The maximum absolute atomic E-state index is 10.7. The maximum atomic E-state index is 10.7. The smallest absolute Gasteiger partial charge is 0.331 e. The minimum Gasteiger partial charge on any atom is -0.470 e. The van der Waals surface area contributed by atoms with E-state index < -0.39 is 4.92 Å². The van der Waals surface area contributed by atoms with Crippen molar-refractivity contribution in [2.75, 3.05) is 18.9 Å². The zero-order valence-corrected chi connectivity index (χ0v) is 10.7. The summed E-state index contributed by atoms with van der Waals surface area (Å²) in [6.07, 6.45) is 0. The van der Waals surface area contributed by atoms with Gasteiger partial charge in [0.1, 0.15) is 12.4 Å². The van der Waals surface area contributed by atoms with Crippen LogP contribution in [0.25, 0.3) is 0 Å². The quantitative estimate of drug-likeness (QED) is 0.489. The first-order valence-electron chi connectivity index (χ1n) is 5.47. The molecule has 0 aliphatic heterocycles. The molecule has 1 rings (SSSR count). The molecule has 1 aromatic heterocycles. The fourth-order valence-electron chi connectivity index (χ4n) is 1.18. The first-order chi connectivity index (χ1) is 8.29. The molecule has 0 aliphatic carbocycles. The Hall–Kier alpha value is -1.89. The Labute approximate surface area is 105 Å². The molecule has 0 unspecified atom stereocenters. The second-order valence-electron chi connectivity index (χ2n) is 4.63. The Kier molecular flexibility index (Phi) is 4.43. The summed E-state index contributed by atoms with van der Waals surface area (Å²) in [6, 6.07) is 2.62. The predicted molar refractivity (Wildman–Crippen MR) is 66.5 cm³/mol. The highest BCUT2D eigenvalue weighted by atomic mass is 16.6. The number of pyridine rings is 1. The third-order valence-electron chi connectivity index (χ3n) is 1.92. The molecule has 7 heteroatoms. The van der Waals surface area contributed by atoms with E-state index in [1.807, 2.05) is 20.8 Å². The van der Waals surface area contributed by atoms with Gasteiger partial charge in [-0.1, -0.05) is 0 Å². The Morgan fingerprint density at radius 2 is 2.06 bits per heavy atom. The van der Waals surface area contributed by atoms with E-state index in [0.29, 0.717) is 6.61 Å². The normalized spacial score (nSPS) is 11.3. The highest BCUT2D eigenvalue weighted by molar-refractivity contribution is 5.46. The Morgan fingerprint density at radius 3 is 2.61 bits per heavy atom. The van der Waals surface area contributed by atoms with E-state index in [1.54, 1.807) is 0 Å². The number of hydrogen-bond donors (Lipinski definition) is 1. The molecule has 2 N–H and O–H groups in total. The summed E-state index contributed by atoms with van der Waals surface area (Å²) in [4.78, 5) is 14.0. The number of anilines is 1. The van der Waals surface area contributed by atoms with Gasteiger partial charge in [-0.2, -0.15) is 4.98 Å². The van der Waals surface area contributed by atoms with E-state index >= 15 is 0 Å². The van der Waals surface area contributed by atoms with E-state index in [-0.39, 0.29) is 29.6 Å². The van der Waals surface area contributed by atoms with Crippen molar-refractivity contribution >= 4 is 11.5 Å². The van der Waals surface area contributed by atoms with Gasteiger partial charge in [0, 0.05) is 6.07 Å². The summed E-state index contributed by atoms with van der Waals surface area (Å²) in [7, 11) is 0. The van der Waals surface area contributed by atoms with Crippen molar-refractivity contribution < 1.29 is 14.4 Å². The lowest BCUT2D eigenvalue weighted by Crippen LogP contribution is -2.22. The van der Waals surface area contributed by atoms with E-state index in [0.717, 1.165) is 0 Å². The van der Waals surface area contributed by atoms with Crippen molar-refractivity contribution in [1.82, 2.24) is 4.98 Å². The van der Waals surface area contributed by atoms with Gasteiger partial charge in [-0.3, -0.25) is 10.1 Å². The molecule has 0 spiro atoms. The van der Waals surface area contributed by atoms with Gasteiger partial charge in [-0.15, -0.1) is 0 Å². The van der Waals surface area contributed by atoms with E-state index in [4.69, 9.17) is 15.2 Å². The van der Waals surface area contributed by atoms with Crippen molar-refractivity contribution in [2.24, 2.45) is 0 Å². The van der Waals surface area contributed by atoms with Crippen LogP contribution < -0.4 is 10.5 Å².